The first-order valence-electron chi connectivity index (χ1n) is 10.9. The summed E-state index contributed by atoms with van der Waals surface area (Å²) in [7, 11) is 6.93. The zero-order valence-electron chi connectivity index (χ0n) is 19.7. The van der Waals surface area contributed by atoms with Crippen molar-refractivity contribution in [1.29, 1.82) is 0 Å². The number of likely N-dealkylation sites (N-methyl/N-ethyl adjacent to an activating group) is 1. The molecule has 0 fully saturated rings. The average molecular weight is 452 g/mol. The van der Waals surface area contributed by atoms with E-state index in [9.17, 15) is 5.11 Å². The molecule has 6 nitrogen and oxygen atoms in total. The van der Waals surface area contributed by atoms with Crippen molar-refractivity contribution in [2.45, 2.75) is 18.8 Å². The molecule has 0 aliphatic rings. The lowest BCUT2D eigenvalue weighted by molar-refractivity contribution is -0.00628. The van der Waals surface area contributed by atoms with Gasteiger partial charge < -0.3 is 24.1 Å². The maximum atomic E-state index is 10.7. The molecule has 6 heteroatoms. The predicted molar refractivity (Wildman–Crippen MR) is 129 cm³/mol. The molecule has 1 N–H and O–H groups in total. The van der Waals surface area contributed by atoms with Crippen molar-refractivity contribution >= 4 is 0 Å². The zero-order chi connectivity index (χ0) is 23.6. The Balaban J connectivity index is 1.63. The van der Waals surface area contributed by atoms with Gasteiger partial charge in [-0.05, 0) is 60.1 Å². The Bertz CT molecular complexity index is 910. The van der Waals surface area contributed by atoms with Crippen LogP contribution in [0.3, 0.4) is 0 Å². The van der Waals surface area contributed by atoms with E-state index in [0.717, 1.165) is 40.5 Å². The highest BCUT2D eigenvalue weighted by atomic mass is 16.5. The molecule has 0 radical (unpaired) electrons. The van der Waals surface area contributed by atoms with E-state index in [0.29, 0.717) is 6.54 Å². The van der Waals surface area contributed by atoms with Gasteiger partial charge in [-0.3, -0.25) is 4.90 Å². The maximum absolute atomic E-state index is 10.7. The monoisotopic (exact) mass is 451 g/mol. The molecule has 1 atom stereocenters. The molecule has 33 heavy (non-hydrogen) atoms. The standard InChI is InChI=1S/C27H33NO5/c1-28(17-20-5-11-24(30-2)12-6-20)18-23(29)19-33-27(21-7-13-25(31-3)14-8-21)22-9-15-26(32-4)16-10-22/h5-16,23,27,29H,17-19H2,1-4H3/t23-/m0/s1. The average Bonchev–Trinajstić information content (AvgIpc) is 2.85. The van der Waals surface area contributed by atoms with Crippen LogP contribution in [0.25, 0.3) is 0 Å². The molecule has 0 aliphatic carbocycles. The van der Waals surface area contributed by atoms with Crippen LogP contribution in [-0.2, 0) is 11.3 Å². The minimum Gasteiger partial charge on any atom is -0.497 e. The third kappa shape index (κ3) is 7.22. The Hall–Kier alpha value is -3.06. The highest BCUT2D eigenvalue weighted by Crippen LogP contribution is 2.29. The van der Waals surface area contributed by atoms with Gasteiger partial charge in [0.2, 0.25) is 0 Å². The molecule has 0 heterocycles. The molecule has 0 spiro atoms. The van der Waals surface area contributed by atoms with Gasteiger partial charge in [0.1, 0.15) is 23.4 Å². The lowest BCUT2D eigenvalue weighted by Crippen LogP contribution is -2.32. The Labute approximate surface area is 196 Å². The number of aliphatic hydroxyl groups excluding tert-OH is 1. The Morgan fingerprint density at radius 3 is 1.55 bits per heavy atom. The van der Waals surface area contributed by atoms with Crippen molar-refractivity contribution in [3.63, 3.8) is 0 Å². The third-order valence-electron chi connectivity index (χ3n) is 5.43. The van der Waals surface area contributed by atoms with E-state index in [1.807, 2.05) is 79.8 Å². The van der Waals surface area contributed by atoms with Crippen LogP contribution in [0, 0.1) is 0 Å². The second-order valence-electron chi connectivity index (χ2n) is 7.96. The van der Waals surface area contributed by atoms with Crippen LogP contribution in [0.4, 0.5) is 0 Å². The molecular formula is C27H33NO5. The van der Waals surface area contributed by atoms with Gasteiger partial charge in [-0.15, -0.1) is 0 Å². The molecule has 0 unspecified atom stereocenters. The highest BCUT2D eigenvalue weighted by Gasteiger charge is 2.18. The van der Waals surface area contributed by atoms with Crippen molar-refractivity contribution in [2.75, 3.05) is 41.5 Å². The molecule has 0 amide bonds. The topological polar surface area (TPSA) is 60.4 Å². The molecule has 0 saturated carbocycles. The van der Waals surface area contributed by atoms with Crippen molar-refractivity contribution in [3.8, 4) is 17.2 Å². The van der Waals surface area contributed by atoms with Crippen molar-refractivity contribution in [2.24, 2.45) is 0 Å². The highest BCUT2D eigenvalue weighted by molar-refractivity contribution is 5.36. The number of methoxy groups -OCH3 is 3. The summed E-state index contributed by atoms with van der Waals surface area (Å²) >= 11 is 0. The number of aliphatic hydroxyl groups is 1. The number of rotatable bonds is 12. The van der Waals surface area contributed by atoms with E-state index in [1.165, 1.54) is 0 Å². The molecule has 3 aromatic rings. The van der Waals surface area contributed by atoms with Gasteiger partial charge in [-0.25, -0.2) is 0 Å². The Morgan fingerprint density at radius 2 is 1.12 bits per heavy atom. The number of benzene rings is 3. The van der Waals surface area contributed by atoms with Crippen LogP contribution in [0.5, 0.6) is 17.2 Å². The Kier molecular flexibility index (Phi) is 9.13. The number of nitrogens with zero attached hydrogens (tertiary/aromatic N) is 1. The second-order valence-corrected chi connectivity index (χ2v) is 7.96. The van der Waals surface area contributed by atoms with Gasteiger partial charge in [-0.1, -0.05) is 36.4 Å². The van der Waals surface area contributed by atoms with Gasteiger partial charge in [0.05, 0.1) is 34.0 Å². The number of hydrogen-bond acceptors (Lipinski definition) is 6. The van der Waals surface area contributed by atoms with Crippen molar-refractivity contribution in [1.82, 2.24) is 4.90 Å². The molecule has 0 saturated heterocycles. The smallest absolute Gasteiger partial charge is 0.118 e. The van der Waals surface area contributed by atoms with E-state index in [4.69, 9.17) is 18.9 Å². The summed E-state index contributed by atoms with van der Waals surface area (Å²) in [4.78, 5) is 2.08. The van der Waals surface area contributed by atoms with Crippen molar-refractivity contribution in [3.05, 3.63) is 89.5 Å². The van der Waals surface area contributed by atoms with Crippen LogP contribution < -0.4 is 14.2 Å². The first-order valence-corrected chi connectivity index (χ1v) is 10.9. The third-order valence-corrected chi connectivity index (χ3v) is 5.43. The normalized spacial score (nSPS) is 12.1. The summed E-state index contributed by atoms with van der Waals surface area (Å²) in [5.41, 5.74) is 3.13. The molecule has 3 rings (SSSR count). The van der Waals surface area contributed by atoms with Crippen LogP contribution in [0.1, 0.15) is 22.8 Å². The SMILES string of the molecule is COc1ccc(CN(C)C[C@H](O)COC(c2ccc(OC)cc2)c2ccc(OC)cc2)cc1. The fourth-order valence-electron chi connectivity index (χ4n) is 3.67. The molecule has 3 aromatic carbocycles. The summed E-state index contributed by atoms with van der Waals surface area (Å²) in [6.45, 7) is 1.42. The summed E-state index contributed by atoms with van der Waals surface area (Å²) in [6, 6.07) is 23.5. The molecular weight excluding hydrogens is 418 g/mol. The quantitative estimate of drug-likeness (QED) is 0.443. The Morgan fingerprint density at radius 1 is 0.697 bits per heavy atom. The summed E-state index contributed by atoms with van der Waals surface area (Å²) in [6.07, 6.45) is -0.949. The first-order chi connectivity index (χ1) is 16.0. The largest absolute Gasteiger partial charge is 0.497 e. The van der Waals surface area contributed by atoms with Crippen LogP contribution in [0.15, 0.2) is 72.8 Å². The van der Waals surface area contributed by atoms with E-state index in [2.05, 4.69) is 4.90 Å². The summed E-state index contributed by atoms with van der Waals surface area (Å²) in [5, 5.41) is 10.7. The summed E-state index contributed by atoms with van der Waals surface area (Å²) < 4.78 is 22.0. The van der Waals surface area contributed by atoms with Gasteiger partial charge in [0, 0.05) is 13.1 Å². The fourth-order valence-corrected chi connectivity index (χ4v) is 3.67. The predicted octanol–water partition coefficient (Wildman–Crippen LogP) is 4.31. The van der Waals surface area contributed by atoms with Crippen LogP contribution >= 0.6 is 0 Å². The minimum atomic E-state index is -0.632. The zero-order valence-corrected chi connectivity index (χ0v) is 19.7. The van der Waals surface area contributed by atoms with E-state index < -0.39 is 6.10 Å². The lowest BCUT2D eigenvalue weighted by Gasteiger charge is -2.24. The minimum absolute atomic E-state index is 0.204. The fraction of sp³-hybridized carbons (Fsp3) is 0.333. The van der Waals surface area contributed by atoms with Crippen molar-refractivity contribution < 1.29 is 24.1 Å². The number of ether oxygens (including phenoxy) is 4. The van der Waals surface area contributed by atoms with Gasteiger partial charge >= 0.3 is 0 Å². The summed E-state index contributed by atoms with van der Waals surface area (Å²) in [5.74, 6) is 2.40. The van der Waals surface area contributed by atoms with Crippen LogP contribution in [0.2, 0.25) is 0 Å². The second kappa shape index (κ2) is 12.3. The first kappa shape index (κ1) is 24.6. The van der Waals surface area contributed by atoms with E-state index in [-0.39, 0.29) is 12.7 Å². The maximum Gasteiger partial charge on any atom is 0.118 e. The van der Waals surface area contributed by atoms with E-state index >= 15 is 0 Å². The molecule has 0 bridgehead atoms. The van der Waals surface area contributed by atoms with Gasteiger partial charge in [0.25, 0.3) is 0 Å². The molecule has 176 valence electrons. The van der Waals surface area contributed by atoms with Crippen LogP contribution in [-0.4, -0.2) is 57.6 Å². The molecule has 0 aliphatic heterocycles. The van der Waals surface area contributed by atoms with Gasteiger partial charge in [-0.2, -0.15) is 0 Å². The molecule has 0 aromatic heterocycles. The van der Waals surface area contributed by atoms with E-state index in [1.54, 1.807) is 21.3 Å². The lowest BCUT2D eigenvalue weighted by atomic mass is 10.0. The number of hydrogen-bond donors (Lipinski definition) is 1. The van der Waals surface area contributed by atoms with Gasteiger partial charge in [0.15, 0.2) is 0 Å².